The highest BCUT2D eigenvalue weighted by molar-refractivity contribution is 7.98. The maximum Gasteiger partial charge on any atom is 0.329 e. The van der Waals surface area contributed by atoms with Gasteiger partial charge < -0.3 is 10.4 Å². The van der Waals surface area contributed by atoms with Gasteiger partial charge in [-0.2, -0.15) is 11.8 Å². The summed E-state index contributed by atoms with van der Waals surface area (Å²) in [5.74, 6) is -1.44. The molecular formula is C36H44F2N2O3S. The molecule has 4 rings (SSSR count). The number of hydrogen-bond acceptors (Lipinski definition) is 4. The number of carbonyl (C=O) groups excluding carboxylic acids is 1. The summed E-state index contributed by atoms with van der Waals surface area (Å²) in [7, 11) is 0. The largest absolute Gasteiger partial charge is 0.480 e. The van der Waals surface area contributed by atoms with Crippen LogP contribution in [0.25, 0.3) is 11.1 Å². The number of nitrogens with one attached hydrogen (secondary N) is 1. The zero-order chi connectivity index (χ0) is 31.7. The predicted octanol–water partition coefficient (Wildman–Crippen LogP) is 8.24. The smallest absolute Gasteiger partial charge is 0.329 e. The fourth-order valence-corrected chi connectivity index (χ4v) is 6.72. The third-order valence-electron chi connectivity index (χ3n) is 8.74. The van der Waals surface area contributed by atoms with E-state index in [1.54, 1.807) is 13.0 Å². The minimum atomic E-state index is -1.40. The molecule has 3 aromatic rings. The first kappa shape index (κ1) is 33.7. The van der Waals surface area contributed by atoms with Crippen molar-refractivity contribution >= 4 is 23.6 Å². The van der Waals surface area contributed by atoms with Crippen LogP contribution in [0.4, 0.5) is 8.78 Å². The molecular weight excluding hydrogens is 578 g/mol. The molecule has 1 aliphatic carbocycles. The van der Waals surface area contributed by atoms with Gasteiger partial charge in [0, 0.05) is 24.7 Å². The van der Waals surface area contributed by atoms with E-state index in [9.17, 15) is 23.5 Å². The standard InChI is InChI=1S/C36H44F2N2O3S/c1-25-9-7-8-12-31(25)33-21-27(13-14-32(33)34(41)39-36(2,35(42)43)16-18-44-3)23-40(17-15-26-10-5-4-6-11-26)24-28-19-29(37)22-30(38)20-28/h7-9,12-14,19-22,26H,4-6,10-11,15-18,23-24H2,1-3H3,(H,39,41)(H,42,43). The molecule has 0 bridgehead atoms. The van der Waals surface area contributed by atoms with Gasteiger partial charge in [-0.15, -0.1) is 0 Å². The first-order chi connectivity index (χ1) is 21.1. The summed E-state index contributed by atoms with van der Waals surface area (Å²) in [5.41, 5.74) is 3.15. The van der Waals surface area contributed by atoms with Crippen molar-refractivity contribution in [3.8, 4) is 11.1 Å². The summed E-state index contributed by atoms with van der Waals surface area (Å²) >= 11 is 1.53. The van der Waals surface area contributed by atoms with Crippen LogP contribution in [-0.2, 0) is 17.9 Å². The molecule has 1 atom stereocenters. The summed E-state index contributed by atoms with van der Waals surface area (Å²) in [6.07, 6.45) is 9.45. The number of carboxylic acids is 1. The number of rotatable bonds is 14. The maximum absolute atomic E-state index is 14.1. The van der Waals surface area contributed by atoms with Crippen molar-refractivity contribution in [2.45, 2.75) is 77.4 Å². The molecule has 44 heavy (non-hydrogen) atoms. The summed E-state index contributed by atoms with van der Waals surface area (Å²) in [6.45, 7) is 5.25. The Labute approximate surface area is 264 Å². The van der Waals surface area contributed by atoms with Crippen molar-refractivity contribution in [1.82, 2.24) is 10.2 Å². The molecule has 236 valence electrons. The quantitative estimate of drug-likeness (QED) is 0.190. The molecule has 0 spiro atoms. The first-order valence-electron chi connectivity index (χ1n) is 15.5. The number of nitrogens with zero attached hydrogens (tertiary/aromatic N) is 1. The number of halogens is 2. The number of aliphatic carboxylic acids is 1. The molecule has 8 heteroatoms. The first-order valence-corrected chi connectivity index (χ1v) is 16.9. The summed E-state index contributed by atoms with van der Waals surface area (Å²) in [5, 5.41) is 12.8. The predicted molar refractivity (Wildman–Crippen MR) is 175 cm³/mol. The molecule has 1 unspecified atom stereocenters. The zero-order valence-electron chi connectivity index (χ0n) is 26.0. The van der Waals surface area contributed by atoms with Crippen LogP contribution >= 0.6 is 11.8 Å². The van der Waals surface area contributed by atoms with Gasteiger partial charge in [0.25, 0.3) is 5.91 Å². The Morgan fingerprint density at radius 2 is 1.64 bits per heavy atom. The Morgan fingerprint density at radius 1 is 0.955 bits per heavy atom. The third kappa shape index (κ3) is 9.14. The Morgan fingerprint density at radius 3 is 2.30 bits per heavy atom. The Balaban J connectivity index is 1.66. The Hall–Kier alpha value is -3.23. The van der Waals surface area contributed by atoms with E-state index in [1.165, 1.54) is 56.0 Å². The van der Waals surface area contributed by atoms with Crippen LogP contribution in [0.2, 0.25) is 0 Å². The molecule has 0 saturated heterocycles. The molecule has 5 nitrogen and oxygen atoms in total. The fraction of sp³-hybridized carbons (Fsp3) is 0.444. The van der Waals surface area contributed by atoms with E-state index in [0.29, 0.717) is 42.3 Å². The van der Waals surface area contributed by atoms with Crippen molar-refractivity contribution in [2.24, 2.45) is 5.92 Å². The highest BCUT2D eigenvalue weighted by Crippen LogP contribution is 2.31. The topological polar surface area (TPSA) is 69.6 Å². The molecule has 1 amide bonds. The van der Waals surface area contributed by atoms with Crippen molar-refractivity contribution < 1.29 is 23.5 Å². The van der Waals surface area contributed by atoms with Crippen molar-refractivity contribution in [3.63, 3.8) is 0 Å². The Bertz CT molecular complexity index is 1420. The van der Waals surface area contributed by atoms with Crippen LogP contribution in [0.1, 0.15) is 78.9 Å². The second-order valence-corrected chi connectivity index (χ2v) is 13.3. The molecule has 2 N–H and O–H groups in total. The van der Waals surface area contributed by atoms with Crippen LogP contribution in [0.15, 0.2) is 60.7 Å². The maximum atomic E-state index is 14.1. The van der Waals surface area contributed by atoms with Crippen LogP contribution in [0, 0.1) is 24.5 Å². The molecule has 1 aliphatic rings. The fourth-order valence-electron chi connectivity index (χ4n) is 6.11. The lowest BCUT2D eigenvalue weighted by atomic mass is 9.87. The molecule has 0 radical (unpaired) electrons. The van der Waals surface area contributed by atoms with Crippen LogP contribution in [0.5, 0.6) is 0 Å². The van der Waals surface area contributed by atoms with Crippen LogP contribution in [0.3, 0.4) is 0 Å². The van der Waals surface area contributed by atoms with Gasteiger partial charge in [-0.1, -0.05) is 62.4 Å². The van der Waals surface area contributed by atoms with E-state index in [1.807, 2.05) is 49.6 Å². The number of amides is 1. The lowest BCUT2D eigenvalue weighted by Crippen LogP contribution is -2.52. The van der Waals surface area contributed by atoms with Gasteiger partial charge >= 0.3 is 5.97 Å². The van der Waals surface area contributed by atoms with Crippen molar-refractivity contribution in [1.29, 1.82) is 0 Å². The minimum absolute atomic E-state index is 0.295. The van der Waals surface area contributed by atoms with E-state index in [-0.39, 0.29) is 0 Å². The number of carboxylic acid groups (broad SMARTS) is 1. The highest BCUT2D eigenvalue weighted by atomic mass is 32.2. The van der Waals surface area contributed by atoms with Crippen molar-refractivity contribution in [2.75, 3.05) is 18.6 Å². The number of benzene rings is 3. The van der Waals surface area contributed by atoms with E-state index >= 15 is 0 Å². The number of carbonyl (C=O) groups is 2. The molecule has 0 aromatic heterocycles. The van der Waals surface area contributed by atoms with Crippen molar-refractivity contribution in [3.05, 3.63) is 94.6 Å². The van der Waals surface area contributed by atoms with Gasteiger partial charge in [0.15, 0.2) is 0 Å². The summed E-state index contributed by atoms with van der Waals surface area (Å²) in [4.78, 5) is 28.1. The van der Waals surface area contributed by atoms with Crippen LogP contribution < -0.4 is 5.32 Å². The van der Waals surface area contributed by atoms with Gasteiger partial charge in [-0.05, 0) is 103 Å². The number of thioether (sulfide) groups is 1. The normalized spacial score (nSPS) is 15.2. The van der Waals surface area contributed by atoms with Gasteiger partial charge in [-0.25, -0.2) is 13.6 Å². The number of hydrogen-bond donors (Lipinski definition) is 2. The summed E-state index contributed by atoms with van der Waals surface area (Å²) < 4.78 is 28.2. The average Bonchev–Trinajstić information content (AvgIpc) is 2.99. The average molecular weight is 623 g/mol. The second kappa shape index (κ2) is 15.7. The number of aryl methyl sites for hydroxylation is 1. The minimum Gasteiger partial charge on any atom is -0.480 e. The van der Waals surface area contributed by atoms with E-state index < -0.39 is 29.0 Å². The van der Waals surface area contributed by atoms with E-state index in [0.717, 1.165) is 41.3 Å². The lowest BCUT2D eigenvalue weighted by molar-refractivity contribution is -0.143. The second-order valence-electron chi connectivity index (χ2n) is 12.3. The van der Waals surface area contributed by atoms with Gasteiger partial charge in [-0.3, -0.25) is 9.69 Å². The van der Waals surface area contributed by atoms with E-state index in [4.69, 9.17) is 0 Å². The highest BCUT2D eigenvalue weighted by Gasteiger charge is 2.35. The monoisotopic (exact) mass is 622 g/mol. The molecule has 1 saturated carbocycles. The Kier molecular flexibility index (Phi) is 12.0. The van der Waals surface area contributed by atoms with Crippen LogP contribution in [-0.4, -0.2) is 46.0 Å². The SMILES string of the molecule is CSCCC(C)(NC(=O)c1ccc(CN(CCC2CCCCC2)Cc2cc(F)cc(F)c2)cc1-c1ccccc1C)C(=O)O. The molecule has 0 aliphatic heterocycles. The summed E-state index contributed by atoms with van der Waals surface area (Å²) in [6, 6.07) is 17.1. The van der Waals surface area contributed by atoms with E-state index in [2.05, 4.69) is 10.2 Å². The van der Waals surface area contributed by atoms with Gasteiger partial charge in [0.1, 0.15) is 17.2 Å². The van der Waals surface area contributed by atoms with Gasteiger partial charge in [0.2, 0.25) is 0 Å². The molecule has 0 heterocycles. The lowest BCUT2D eigenvalue weighted by Gasteiger charge is -2.28. The van der Waals surface area contributed by atoms with Gasteiger partial charge in [0.05, 0.1) is 0 Å². The third-order valence-corrected chi connectivity index (χ3v) is 9.36. The zero-order valence-corrected chi connectivity index (χ0v) is 26.8. The molecule has 3 aromatic carbocycles. The molecule has 1 fully saturated rings.